The largest absolute Gasteiger partial charge is 0.416 e. The fourth-order valence-electron chi connectivity index (χ4n) is 3.74. The lowest BCUT2D eigenvalue weighted by atomic mass is 10.2. The van der Waals surface area contributed by atoms with Crippen LogP contribution in [0.5, 0.6) is 0 Å². The van der Waals surface area contributed by atoms with E-state index >= 15 is 0 Å². The van der Waals surface area contributed by atoms with Crippen molar-refractivity contribution in [3.05, 3.63) is 75.9 Å². The number of rotatable bonds is 8. The van der Waals surface area contributed by atoms with Crippen molar-refractivity contribution < 1.29 is 27.5 Å². The van der Waals surface area contributed by atoms with E-state index in [1.165, 1.54) is 53.7 Å². The standard InChI is InChI=1S/C23H19ClF4N8O3/c24-13-3-1-12(2-4-13)20-33-35(22(39)34(20)9-18(37)23(26,27)28)10-19-30-11-36(32-19)17-8-29-6-5-14(17)21(38)31-16-7-15(16)25/h1-6,8,11,15-16,18,37H,7,9-10H2,(H,31,38)/t15-,16+,18?/m0/s1. The number of benzene rings is 1. The van der Waals surface area contributed by atoms with Crippen molar-refractivity contribution in [1.82, 2.24) is 39.4 Å². The Kier molecular flexibility index (Phi) is 6.94. The number of nitrogens with zero attached hydrogens (tertiary/aromatic N) is 7. The first-order chi connectivity index (χ1) is 18.5. The number of hydrogen-bond donors (Lipinski definition) is 2. The Morgan fingerprint density at radius 2 is 1.92 bits per heavy atom. The Morgan fingerprint density at radius 3 is 2.59 bits per heavy atom. The lowest BCUT2D eigenvalue weighted by Gasteiger charge is -2.15. The smallest absolute Gasteiger partial charge is 0.382 e. The zero-order valence-electron chi connectivity index (χ0n) is 19.8. The zero-order valence-corrected chi connectivity index (χ0v) is 20.5. The molecule has 0 radical (unpaired) electrons. The highest BCUT2D eigenvalue weighted by molar-refractivity contribution is 6.30. The summed E-state index contributed by atoms with van der Waals surface area (Å²) in [5.41, 5.74) is -0.252. The van der Waals surface area contributed by atoms with E-state index in [9.17, 15) is 32.3 Å². The quantitative estimate of drug-likeness (QED) is 0.312. The van der Waals surface area contributed by atoms with Crippen LogP contribution in [-0.2, 0) is 13.1 Å². The second-order valence-electron chi connectivity index (χ2n) is 8.77. The number of pyridine rings is 1. The molecule has 11 nitrogen and oxygen atoms in total. The molecule has 0 spiro atoms. The van der Waals surface area contributed by atoms with E-state index in [-0.39, 0.29) is 35.9 Å². The summed E-state index contributed by atoms with van der Waals surface area (Å²) in [4.78, 5) is 33.8. The molecular weight excluding hydrogens is 548 g/mol. The average molecular weight is 567 g/mol. The Morgan fingerprint density at radius 1 is 1.21 bits per heavy atom. The van der Waals surface area contributed by atoms with Crippen LogP contribution in [0.2, 0.25) is 5.02 Å². The molecule has 0 saturated heterocycles. The van der Waals surface area contributed by atoms with Crippen LogP contribution in [0.4, 0.5) is 17.6 Å². The van der Waals surface area contributed by atoms with Gasteiger partial charge in [-0.1, -0.05) is 11.6 Å². The van der Waals surface area contributed by atoms with Crippen molar-refractivity contribution in [2.45, 2.75) is 44.0 Å². The van der Waals surface area contributed by atoms with Crippen LogP contribution < -0.4 is 11.0 Å². The number of alkyl halides is 4. The third-order valence-corrected chi connectivity index (χ3v) is 6.16. The molecule has 1 saturated carbocycles. The zero-order chi connectivity index (χ0) is 27.9. The molecule has 1 aliphatic carbocycles. The SMILES string of the molecule is O=C(N[C@@H]1C[C@@H]1F)c1ccncc1-n1cnc(Cn2nc(-c3ccc(Cl)cc3)n(CC(O)C(F)(F)F)c2=O)n1. The molecule has 3 aromatic heterocycles. The van der Waals surface area contributed by atoms with E-state index in [1.54, 1.807) is 0 Å². The van der Waals surface area contributed by atoms with Crippen molar-refractivity contribution in [2.24, 2.45) is 0 Å². The summed E-state index contributed by atoms with van der Waals surface area (Å²) >= 11 is 5.90. The number of aliphatic hydroxyl groups excluding tert-OH is 1. The maximum Gasteiger partial charge on any atom is 0.416 e. The van der Waals surface area contributed by atoms with E-state index in [2.05, 4.69) is 25.5 Å². The average Bonchev–Trinajstić information content (AvgIpc) is 3.26. The minimum Gasteiger partial charge on any atom is -0.382 e. The monoisotopic (exact) mass is 566 g/mol. The predicted octanol–water partition coefficient (Wildman–Crippen LogP) is 2.15. The van der Waals surface area contributed by atoms with Gasteiger partial charge >= 0.3 is 11.9 Å². The molecule has 0 aliphatic heterocycles. The third kappa shape index (κ3) is 5.68. The summed E-state index contributed by atoms with van der Waals surface area (Å²) in [6.45, 7) is -1.42. The fraction of sp³-hybridized carbons (Fsp3) is 0.304. The summed E-state index contributed by atoms with van der Waals surface area (Å²) in [5.74, 6) is -0.612. The molecule has 3 atom stereocenters. The Labute approximate surface area is 221 Å². The number of hydrogen-bond acceptors (Lipinski definition) is 7. The van der Waals surface area contributed by atoms with Gasteiger partial charge in [0.05, 0.1) is 30.0 Å². The number of carbonyl (C=O) groups is 1. The van der Waals surface area contributed by atoms with Gasteiger partial charge in [-0.25, -0.2) is 23.5 Å². The molecule has 1 aliphatic rings. The molecule has 0 bridgehead atoms. The first-order valence-electron chi connectivity index (χ1n) is 11.5. The Balaban J connectivity index is 1.44. The van der Waals surface area contributed by atoms with E-state index in [1.807, 2.05) is 0 Å². The minimum atomic E-state index is -4.96. The number of amides is 1. The maximum absolute atomic E-state index is 13.2. The third-order valence-electron chi connectivity index (χ3n) is 5.91. The molecule has 4 aromatic rings. The second-order valence-corrected chi connectivity index (χ2v) is 9.21. The molecule has 1 amide bonds. The van der Waals surface area contributed by atoms with Crippen molar-refractivity contribution in [1.29, 1.82) is 0 Å². The number of carbonyl (C=O) groups excluding carboxylic acids is 1. The van der Waals surface area contributed by atoms with Crippen molar-refractivity contribution in [3.63, 3.8) is 0 Å². The summed E-state index contributed by atoms with van der Waals surface area (Å²) < 4.78 is 55.2. The lowest BCUT2D eigenvalue weighted by Crippen LogP contribution is -2.37. The molecule has 2 N–H and O–H groups in total. The number of aromatic nitrogens is 7. The molecule has 1 unspecified atom stereocenters. The van der Waals surface area contributed by atoms with E-state index in [4.69, 9.17) is 11.6 Å². The van der Waals surface area contributed by atoms with Crippen LogP contribution >= 0.6 is 11.6 Å². The molecule has 5 rings (SSSR count). The van der Waals surface area contributed by atoms with E-state index in [0.29, 0.717) is 15.2 Å². The predicted molar refractivity (Wildman–Crippen MR) is 128 cm³/mol. The number of halogens is 5. The summed E-state index contributed by atoms with van der Waals surface area (Å²) in [6.07, 6.45) is -4.63. The molecule has 204 valence electrons. The van der Waals surface area contributed by atoms with Crippen LogP contribution in [-0.4, -0.2) is 69.6 Å². The van der Waals surface area contributed by atoms with Gasteiger partial charge < -0.3 is 10.4 Å². The summed E-state index contributed by atoms with van der Waals surface area (Å²) in [7, 11) is 0. The van der Waals surface area contributed by atoms with E-state index < -0.39 is 42.6 Å². The van der Waals surface area contributed by atoms with Gasteiger partial charge in [0.2, 0.25) is 0 Å². The van der Waals surface area contributed by atoms with Gasteiger partial charge in [-0.3, -0.25) is 14.3 Å². The first-order valence-corrected chi connectivity index (χ1v) is 11.9. The van der Waals surface area contributed by atoms with Gasteiger partial charge in [0.15, 0.2) is 17.8 Å². The second kappa shape index (κ2) is 10.2. The van der Waals surface area contributed by atoms with Crippen LogP contribution in [0.1, 0.15) is 22.6 Å². The van der Waals surface area contributed by atoms with Crippen molar-refractivity contribution in [3.8, 4) is 17.1 Å². The van der Waals surface area contributed by atoms with Gasteiger partial charge in [0.25, 0.3) is 5.91 Å². The van der Waals surface area contributed by atoms with Gasteiger partial charge in [0, 0.05) is 23.2 Å². The highest BCUT2D eigenvalue weighted by Crippen LogP contribution is 2.26. The molecule has 16 heteroatoms. The lowest BCUT2D eigenvalue weighted by molar-refractivity contribution is -0.207. The van der Waals surface area contributed by atoms with Crippen LogP contribution in [0.3, 0.4) is 0 Å². The number of aliphatic hydroxyl groups is 1. The number of nitrogens with one attached hydrogen (secondary N) is 1. The van der Waals surface area contributed by atoms with E-state index in [0.717, 1.165) is 4.68 Å². The Bertz CT molecular complexity index is 1570. The molecular formula is C23H19ClF4N8O3. The molecule has 3 heterocycles. The van der Waals surface area contributed by atoms with Gasteiger partial charge in [0.1, 0.15) is 19.0 Å². The van der Waals surface area contributed by atoms with Gasteiger partial charge in [-0.05, 0) is 30.3 Å². The first kappa shape index (κ1) is 26.5. The van der Waals surface area contributed by atoms with Gasteiger partial charge in [-0.15, -0.1) is 10.2 Å². The van der Waals surface area contributed by atoms with Gasteiger partial charge in [-0.2, -0.15) is 13.2 Å². The van der Waals surface area contributed by atoms with Crippen LogP contribution in [0.15, 0.2) is 53.8 Å². The topological polar surface area (TPSA) is 133 Å². The highest BCUT2D eigenvalue weighted by Gasteiger charge is 2.40. The van der Waals surface area contributed by atoms with Crippen LogP contribution in [0, 0.1) is 0 Å². The normalized spacial score (nSPS) is 17.7. The summed E-state index contributed by atoms with van der Waals surface area (Å²) in [6, 6.07) is 6.77. The Hall–Kier alpha value is -4.11. The molecule has 39 heavy (non-hydrogen) atoms. The molecule has 1 aromatic carbocycles. The highest BCUT2D eigenvalue weighted by atomic mass is 35.5. The summed E-state index contributed by atoms with van der Waals surface area (Å²) in [5, 5.41) is 21.0. The fourth-order valence-corrected chi connectivity index (χ4v) is 3.86. The van der Waals surface area contributed by atoms with Crippen molar-refractivity contribution in [2.75, 3.05) is 0 Å². The van der Waals surface area contributed by atoms with Crippen molar-refractivity contribution >= 4 is 17.5 Å². The maximum atomic E-state index is 13.2. The minimum absolute atomic E-state index is 0.0435. The van der Waals surface area contributed by atoms with Crippen LogP contribution in [0.25, 0.3) is 17.1 Å². The molecule has 1 fully saturated rings.